The van der Waals surface area contributed by atoms with Crippen LogP contribution in [-0.2, 0) is 13.1 Å². The van der Waals surface area contributed by atoms with Crippen LogP contribution < -0.4 is 5.32 Å². The van der Waals surface area contributed by atoms with Gasteiger partial charge in [-0.15, -0.1) is 35.3 Å². The number of hydrogen-bond donors (Lipinski definition) is 1. The molecule has 1 aromatic carbocycles. The summed E-state index contributed by atoms with van der Waals surface area (Å²) < 4.78 is 0. The summed E-state index contributed by atoms with van der Waals surface area (Å²) in [7, 11) is 4.10. The smallest absolute Gasteiger partial charge is 0.193 e. The molecule has 0 aliphatic carbocycles. The number of benzene rings is 1. The third-order valence-corrected chi connectivity index (χ3v) is 5.81. The molecule has 5 nitrogen and oxygen atoms in total. The second kappa shape index (κ2) is 11.7. The average Bonchev–Trinajstić information content (AvgIpc) is 3.08. The fourth-order valence-corrected chi connectivity index (χ4v) is 4.00. The van der Waals surface area contributed by atoms with E-state index in [1.807, 2.05) is 6.07 Å². The van der Waals surface area contributed by atoms with E-state index in [1.165, 1.54) is 24.1 Å². The molecule has 2 aromatic rings. The first-order valence-electron chi connectivity index (χ1n) is 9.73. The molecule has 0 bridgehead atoms. The van der Waals surface area contributed by atoms with E-state index in [1.54, 1.807) is 11.3 Å². The molecule has 0 spiro atoms. The molecule has 0 amide bonds. The predicted molar refractivity (Wildman–Crippen MR) is 130 cm³/mol. The molecule has 154 valence electrons. The highest BCUT2D eigenvalue weighted by atomic mass is 127. The Morgan fingerprint density at radius 1 is 1.25 bits per heavy atom. The van der Waals surface area contributed by atoms with Crippen LogP contribution in [0.5, 0.6) is 0 Å². The van der Waals surface area contributed by atoms with Gasteiger partial charge >= 0.3 is 0 Å². The predicted octanol–water partition coefficient (Wildman–Crippen LogP) is 3.99. The van der Waals surface area contributed by atoms with E-state index in [4.69, 9.17) is 4.99 Å². The topological polar surface area (TPSA) is 43.8 Å². The third-order valence-electron chi connectivity index (χ3n) is 4.99. The molecule has 0 atom stereocenters. The Kier molecular flexibility index (Phi) is 9.67. The van der Waals surface area contributed by atoms with Gasteiger partial charge in [0, 0.05) is 32.6 Å². The Morgan fingerprint density at radius 3 is 2.57 bits per heavy atom. The Bertz CT molecular complexity index is 723. The minimum absolute atomic E-state index is 0. The molecule has 3 rings (SSSR count). The number of piperidine rings is 1. The van der Waals surface area contributed by atoms with Gasteiger partial charge in [0.25, 0.3) is 0 Å². The summed E-state index contributed by atoms with van der Waals surface area (Å²) in [6.07, 6.45) is 2.46. The lowest BCUT2D eigenvalue weighted by molar-refractivity contribution is 0.176. The van der Waals surface area contributed by atoms with E-state index in [2.05, 4.69) is 70.8 Å². The molecule has 7 heteroatoms. The van der Waals surface area contributed by atoms with E-state index in [-0.39, 0.29) is 24.0 Å². The molecule has 1 aliphatic heterocycles. The summed E-state index contributed by atoms with van der Waals surface area (Å²) >= 11 is 1.74. The van der Waals surface area contributed by atoms with E-state index >= 15 is 0 Å². The zero-order valence-corrected chi connectivity index (χ0v) is 20.2. The SMILES string of the molecule is Cc1nc(CN2CCC(CNC(=NCc3ccccc3)N(C)C)CC2)cs1.I. The van der Waals surface area contributed by atoms with Crippen molar-refractivity contribution >= 4 is 41.3 Å². The summed E-state index contributed by atoms with van der Waals surface area (Å²) in [6, 6.07) is 10.4. The molecule has 1 aliphatic rings. The van der Waals surface area contributed by atoms with Crippen LogP contribution in [0.15, 0.2) is 40.7 Å². The van der Waals surface area contributed by atoms with Crippen molar-refractivity contribution in [1.82, 2.24) is 20.1 Å². The zero-order chi connectivity index (χ0) is 19.1. The second-order valence-electron chi connectivity index (χ2n) is 7.48. The van der Waals surface area contributed by atoms with Crippen LogP contribution >= 0.6 is 35.3 Å². The fraction of sp³-hybridized carbons (Fsp3) is 0.524. The number of aliphatic imine (C=N–C) groups is 1. The van der Waals surface area contributed by atoms with Crippen molar-refractivity contribution in [1.29, 1.82) is 0 Å². The quantitative estimate of drug-likeness (QED) is 0.361. The largest absolute Gasteiger partial charge is 0.356 e. The lowest BCUT2D eigenvalue weighted by Gasteiger charge is -2.32. The highest BCUT2D eigenvalue weighted by Crippen LogP contribution is 2.19. The number of nitrogens with one attached hydrogen (secondary N) is 1. The molecule has 1 aromatic heterocycles. The van der Waals surface area contributed by atoms with Gasteiger partial charge < -0.3 is 10.2 Å². The van der Waals surface area contributed by atoms with Crippen molar-refractivity contribution in [2.24, 2.45) is 10.9 Å². The maximum Gasteiger partial charge on any atom is 0.193 e. The molecule has 0 saturated carbocycles. The molecule has 1 fully saturated rings. The van der Waals surface area contributed by atoms with Crippen LogP contribution in [0.2, 0.25) is 0 Å². The van der Waals surface area contributed by atoms with Gasteiger partial charge in [0.2, 0.25) is 0 Å². The second-order valence-corrected chi connectivity index (χ2v) is 8.54. The fourth-order valence-electron chi connectivity index (χ4n) is 3.40. The number of aromatic nitrogens is 1. The Morgan fingerprint density at radius 2 is 1.96 bits per heavy atom. The van der Waals surface area contributed by atoms with Gasteiger partial charge in [-0.05, 0) is 44.3 Å². The average molecular weight is 513 g/mol. The summed E-state index contributed by atoms with van der Waals surface area (Å²) in [5.41, 5.74) is 2.46. The first-order chi connectivity index (χ1) is 13.1. The Balaban J connectivity index is 0.00000280. The van der Waals surface area contributed by atoms with Gasteiger partial charge in [-0.2, -0.15) is 0 Å². The molecular weight excluding hydrogens is 481 g/mol. The van der Waals surface area contributed by atoms with Crippen molar-refractivity contribution in [2.45, 2.75) is 32.9 Å². The molecular formula is C21H32IN5S. The minimum Gasteiger partial charge on any atom is -0.356 e. The van der Waals surface area contributed by atoms with Gasteiger partial charge in [-0.25, -0.2) is 9.98 Å². The van der Waals surface area contributed by atoms with Crippen molar-refractivity contribution in [3.8, 4) is 0 Å². The van der Waals surface area contributed by atoms with Crippen LogP contribution in [0.25, 0.3) is 0 Å². The van der Waals surface area contributed by atoms with E-state index < -0.39 is 0 Å². The van der Waals surface area contributed by atoms with Crippen molar-refractivity contribution in [3.05, 3.63) is 52.0 Å². The van der Waals surface area contributed by atoms with Gasteiger partial charge in [-0.1, -0.05) is 30.3 Å². The van der Waals surface area contributed by atoms with Gasteiger partial charge in [-0.3, -0.25) is 4.90 Å². The van der Waals surface area contributed by atoms with Crippen LogP contribution in [0.3, 0.4) is 0 Å². The van der Waals surface area contributed by atoms with E-state index in [0.29, 0.717) is 12.5 Å². The first-order valence-corrected chi connectivity index (χ1v) is 10.6. The minimum atomic E-state index is 0. The van der Waals surface area contributed by atoms with E-state index in [9.17, 15) is 0 Å². The van der Waals surface area contributed by atoms with Crippen molar-refractivity contribution in [2.75, 3.05) is 33.7 Å². The summed E-state index contributed by atoms with van der Waals surface area (Å²) in [5.74, 6) is 1.68. The maximum atomic E-state index is 4.76. The van der Waals surface area contributed by atoms with Crippen molar-refractivity contribution in [3.63, 3.8) is 0 Å². The van der Waals surface area contributed by atoms with Gasteiger partial charge in [0.05, 0.1) is 17.2 Å². The number of nitrogens with zero attached hydrogens (tertiary/aromatic N) is 4. The van der Waals surface area contributed by atoms with Crippen LogP contribution in [0, 0.1) is 12.8 Å². The zero-order valence-electron chi connectivity index (χ0n) is 17.1. The number of rotatable bonds is 6. The van der Waals surface area contributed by atoms with E-state index in [0.717, 1.165) is 37.1 Å². The monoisotopic (exact) mass is 513 g/mol. The number of halogens is 1. The summed E-state index contributed by atoms with van der Waals surface area (Å²) in [5, 5.41) is 6.93. The molecule has 0 radical (unpaired) electrons. The van der Waals surface area contributed by atoms with Gasteiger partial charge in [0.15, 0.2) is 5.96 Å². The third kappa shape index (κ3) is 7.33. The Hall–Kier alpha value is -1.19. The van der Waals surface area contributed by atoms with Crippen LogP contribution in [-0.4, -0.2) is 54.5 Å². The molecule has 1 saturated heterocycles. The molecule has 1 N–H and O–H groups in total. The van der Waals surface area contributed by atoms with Crippen molar-refractivity contribution < 1.29 is 0 Å². The summed E-state index contributed by atoms with van der Waals surface area (Å²) in [4.78, 5) is 14.0. The number of aryl methyl sites for hydroxylation is 1. The Labute approximate surface area is 190 Å². The number of thiazole rings is 1. The number of guanidine groups is 1. The lowest BCUT2D eigenvalue weighted by atomic mass is 9.97. The normalized spacial score (nSPS) is 15.9. The molecule has 2 heterocycles. The highest BCUT2D eigenvalue weighted by Gasteiger charge is 2.20. The maximum absolute atomic E-state index is 4.76. The van der Waals surface area contributed by atoms with Crippen LogP contribution in [0.4, 0.5) is 0 Å². The number of likely N-dealkylation sites (tertiary alicyclic amines) is 1. The lowest BCUT2D eigenvalue weighted by Crippen LogP contribution is -2.42. The van der Waals surface area contributed by atoms with Crippen LogP contribution in [0.1, 0.15) is 29.1 Å². The summed E-state index contributed by atoms with van der Waals surface area (Å²) in [6.45, 7) is 7.09. The van der Waals surface area contributed by atoms with Gasteiger partial charge in [0.1, 0.15) is 0 Å². The molecule has 28 heavy (non-hydrogen) atoms. The standard InChI is InChI=1S/C21H31N5S.HI/c1-17-24-20(16-27-17)15-26-11-9-19(10-12-26)14-23-21(25(2)3)22-13-18-7-5-4-6-8-18;/h4-8,16,19H,9-15H2,1-3H3,(H,22,23);1H. The highest BCUT2D eigenvalue weighted by molar-refractivity contribution is 14.0. The first kappa shape index (κ1) is 23.1. The number of hydrogen-bond acceptors (Lipinski definition) is 4. The molecule has 0 unspecified atom stereocenters.